The van der Waals surface area contributed by atoms with Crippen LogP contribution in [0.15, 0.2) is 22.7 Å². The number of Topliss-reactive ketones (excluding diaryl/α,β-unsaturated/α-hetero) is 1. The van der Waals surface area contributed by atoms with Crippen LogP contribution in [-0.2, 0) is 7.05 Å². The molecule has 0 N–H and O–H groups in total. The van der Waals surface area contributed by atoms with Crippen LogP contribution in [0, 0.1) is 0 Å². The third kappa shape index (κ3) is 0.863. The van der Waals surface area contributed by atoms with E-state index in [9.17, 15) is 4.79 Å². The molecule has 0 bridgehead atoms. The molecular formula is C9H9NO2. The van der Waals surface area contributed by atoms with E-state index in [0.29, 0.717) is 5.76 Å². The summed E-state index contributed by atoms with van der Waals surface area (Å²) in [5.41, 5.74) is 0.750. The zero-order chi connectivity index (χ0) is 8.72. The Morgan fingerprint density at radius 3 is 2.92 bits per heavy atom. The monoisotopic (exact) mass is 163 g/mol. The van der Waals surface area contributed by atoms with Gasteiger partial charge in [0, 0.05) is 25.6 Å². The van der Waals surface area contributed by atoms with Gasteiger partial charge in [-0.1, -0.05) is 0 Å². The topological polar surface area (TPSA) is 35.1 Å². The second-order valence-corrected chi connectivity index (χ2v) is 2.85. The van der Waals surface area contributed by atoms with Gasteiger partial charge in [-0.15, -0.1) is 0 Å². The molecule has 0 saturated carbocycles. The average Bonchev–Trinajstić information content (AvgIpc) is 2.53. The largest absolute Gasteiger partial charge is 0.436 e. The Bertz CT molecular complexity index is 436. The second-order valence-electron chi connectivity index (χ2n) is 2.85. The first kappa shape index (κ1) is 7.16. The molecule has 2 aromatic heterocycles. The van der Waals surface area contributed by atoms with Gasteiger partial charge in [0.15, 0.2) is 11.5 Å². The Labute approximate surface area is 69.6 Å². The molecule has 2 aromatic rings. The SMILES string of the molecule is CC(=O)c1cc2ccn(C)c2o1. The van der Waals surface area contributed by atoms with Crippen molar-refractivity contribution in [2.75, 3.05) is 0 Å². The number of hydrogen-bond acceptors (Lipinski definition) is 2. The van der Waals surface area contributed by atoms with E-state index in [1.54, 1.807) is 6.07 Å². The summed E-state index contributed by atoms with van der Waals surface area (Å²) in [4.78, 5) is 10.9. The number of hydrogen-bond donors (Lipinski definition) is 0. The number of ketones is 1. The molecule has 0 aliphatic carbocycles. The number of aryl methyl sites for hydroxylation is 1. The summed E-state index contributed by atoms with van der Waals surface area (Å²) in [6.45, 7) is 1.50. The Kier molecular flexibility index (Phi) is 1.33. The lowest BCUT2D eigenvalue weighted by molar-refractivity contribution is 0.0989. The second kappa shape index (κ2) is 2.24. The van der Waals surface area contributed by atoms with Crippen LogP contribution in [0.5, 0.6) is 0 Å². The highest BCUT2D eigenvalue weighted by molar-refractivity contribution is 5.95. The van der Waals surface area contributed by atoms with E-state index in [2.05, 4.69) is 0 Å². The third-order valence-electron chi connectivity index (χ3n) is 1.89. The molecular weight excluding hydrogens is 154 g/mol. The highest BCUT2D eigenvalue weighted by atomic mass is 16.4. The minimum Gasteiger partial charge on any atom is -0.436 e. The first-order valence-electron chi connectivity index (χ1n) is 3.74. The molecule has 2 heterocycles. The first-order chi connectivity index (χ1) is 5.68. The summed E-state index contributed by atoms with van der Waals surface area (Å²) in [5.74, 6) is 0.391. The van der Waals surface area contributed by atoms with Crippen molar-refractivity contribution < 1.29 is 9.21 Å². The van der Waals surface area contributed by atoms with E-state index in [1.165, 1.54) is 6.92 Å². The van der Waals surface area contributed by atoms with Crippen LogP contribution < -0.4 is 0 Å². The summed E-state index contributed by atoms with van der Waals surface area (Å²) in [7, 11) is 1.88. The van der Waals surface area contributed by atoms with E-state index in [-0.39, 0.29) is 5.78 Å². The first-order valence-corrected chi connectivity index (χ1v) is 3.74. The molecule has 62 valence electrons. The van der Waals surface area contributed by atoms with Crippen molar-refractivity contribution in [3.05, 3.63) is 24.1 Å². The Balaban J connectivity index is 2.70. The van der Waals surface area contributed by atoms with Crippen LogP contribution in [0.3, 0.4) is 0 Å². The molecule has 12 heavy (non-hydrogen) atoms. The molecule has 2 rings (SSSR count). The molecule has 0 spiro atoms. The van der Waals surface area contributed by atoms with Gasteiger partial charge in [-0.2, -0.15) is 0 Å². The van der Waals surface area contributed by atoms with Gasteiger partial charge in [0.1, 0.15) is 0 Å². The van der Waals surface area contributed by atoms with Crippen molar-refractivity contribution in [1.82, 2.24) is 4.57 Å². The van der Waals surface area contributed by atoms with Crippen LogP contribution in [-0.4, -0.2) is 10.4 Å². The Morgan fingerprint density at radius 1 is 1.58 bits per heavy atom. The van der Waals surface area contributed by atoms with E-state index < -0.39 is 0 Å². The minimum atomic E-state index is -0.0359. The maximum atomic E-state index is 10.9. The number of fused-ring (bicyclic) bond motifs is 1. The number of rotatable bonds is 1. The molecule has 0 saturated heterocycles. The van der Waals surface area contributed by atoms with Gasteiger partial charge >= 0.3 is 0 Å². The van der Waals surface area contributed by atoms with Gasteiger partial charge < -0.3 is 8.98 Å². The third-order valence-corrected chi connectivity index (χ3v) is 1.89. The van der Waals surface area contributed by atoms with Crippen molar-refractivity contribution in [1.29, 1.82) is 0 Å². The van der Waals surface area contributed by atoms with Crippen molar-refractivity contribution in [3.8, 4) is 0 Å². The van der Waals surface area contributed by atoms with Gasteiger partial charge in [-0.05, 0) is 12.1 Å². The van der Waals surface area contributed by atoms with Crippen LogP contribution in [0.25, 0.3) is 11.1 Å². The van der Waals surface area contributed by atoms with Crippen LogP contribution in [0.1, 0.15) is 17.5 Å². The summed E-state index contributed by atoms with van der Waals surface area (Å²) in [5, 5.41) is 0.975. The molecule has 0 amide bonds. The van der Waals surface area contributed by atoms with Crippen LogP contribution in [0.2, 0.25) is 0 Å². The Morgan fingerprint density at radius 2 is 2.33 bits per heavy atom. The fraction of sp³-hybridized carbons (Fsp3) is 0.222. The van der Waals surface area contributed by atoms with E-state index in [0.717, 1.165) is 11.1 Å². The number of carbonyl (C=O) groups is 1. The molecule has 0 unspecified atom stereocenters. The molecule has 0 atom stereocenters. The summed E-state index contributed by atoms with van der Waals surface area (Å²) in [6.07, 6.45) is 1.90. The summed E-state index contributed by atoms with van der Waals surface area (Å²) >= 11 is 0. The number of nitrogens with zero attached hydrogens (tertiary/aromatic N) is 1. The highest BCUT2D eigenvalue weighted by Crippen LogP contribution is 2.19. The van der Waals surface area contributed by atoms with Gasteiger partial charge in [0.25, 0.3) is 0 Å². The molecule has 0 aliphatic rings. The zero-order valence-corrected chi connectivity index (χ0v) is 7.00. The lowest BCUT2D eigenvalue weighted by Gasteiger charge is -1.88. The van der Waals surface area contributed by atoms with Crippen molar-refractivity contribution in [3.63, 3.8) is 0 Å². The maximum Gasteiger partial charge on any atom is 0.207 e. The maximum absolute atomic E-state index is 10.9. The predicted molar refractivity (Wildman–Crippen MR) is 45.2 cm³/mol. The molecule has 0 aliphatic heterocycles. The van der Waals surface area contributed by atoms with Crippen LogP contribution in [0.4, 0.5) is 0 Å². The summed E-state index contributed by atoms with van der Waals surface area (Å²) < 4.78 is 7.16. The standard InChI is InChI=1S/C9H9NO2/c1-6(11)8-5-7-3-4-10(2)9(7)12-8/h3-5H,1-2H3. The van der Waals surface area contributed by atoms with Crippen molar-refractivity contribution >= 4 is 16.9 Å². The number of carbonyl (C=O) groups excluding carboxylic acids is 1. The predicted octanol–water partition coefficient (Wildman–Crippen LogP) is 1.97. The lowest BCUT2D eigenvalue weighted by atomic mass is 10.3. The fourth-order valence-corrected chi connectivity index (χ4v) is 1.22. The normalized spacial score (nSPS) is 10.8. The minimum absolute atomic E-state index is 0.0359. The van der Waals surface area contributed by atoms with Gasteiger partial charge in [0.05, 0.1) is 0 Å². The van der Waals surface area contributed by atoms with E-state index >= 15 is 0 Å². The lowest BCUT2D eigenvalue weighted by Crippen LogP contribution is -1.87. The molecule has 0 radical (unpaired) electrons. The highest BCUT2D eigenvalue weighted by Gasteiger charge is 2.09. The zero-order valence-electron chi connectivity index (χ0n) is 7.00. The summed E-state index contributed by atoms with van der Waals surface area (Å²) in [6, 6.07) is 3.68. The molecule has 0 aromatic carbocycles. The van der Waals surface area contributed by atoms with Gasteiger partial charge in [0.2, 0.25) is 5.71 Å². The smallest absolute Gasteiger partial charge is 0.207 e. The quantitative estimate of drug-likeness (QED) is 0.602. The number of furan rings is 1. The molecule has 3 heteroatoms. The molecule has 0 fully saturated rings. The van der Waals surface area contributed by atoms with E-state index in [1.807, 2.05) is 23.9 Å². The fourth-order valence-electron chi connectivity index (χ4n) is 1.22. The van der Waals surface area contributed by atoms with Gasteiger partial charge in [-0.3, -0.25) is 4.79 Å². The number of aromatic nitrogens is 1. The molecule has 3 nitrogen and oxygen atoms in total. The van der Waals surface area contributed by atoms with Crippen molar-refractivity contribution in [2.45, 2.75) is 6.92 Å². The van der Waals surface area contributed by atoms with Gasteiger partial charge in [-0.25, -0.2) is 0 Å². The Hall–Kier alpha value is -1.51. The average molecular weight is 163 g/mol. The van der Waals surface area contributed by atoms with Crippen molar-refractivity contribution in [2.24, 2.45) is 7.05 Å². The van der Waals surface area contributed by atoms with Crippen LogP contribution >= 0.6 is 0 Å². The van der Waals surface area contributed by atoms with E-state index in [4.69, 9.17) is 4.42 Å².